The van der Waals surface area contributed by atoms with Crippen molar-refractivity contribution in [3.8, 4) is 0 Å². The summed E-state index contributed by atoms with van der Waals surface area (Å²) in [6.07, 6.45) is 8.07. The number of imidazole rings is 1. The molecule has 0 amide bonds. The van der Waals surface area contributed by atoms with Crippen molar-refractivity contribution in [2.45, 2.75) is 32.1 Å². The normalized spacial score (nSPS) is 16.4. The molecule has 0 radical (unpaired) electrons. The van der Waals surface area contributed by atoms with Gasteiger partial charge < -0.3 is 10.4 Å². The first-order valence-corrected chi connectivity index (χ1v) is 7.20. The maximum Gasteiger partial charge on any atom is 0.356 e. The van der Waals surface area contributed by atoms with Crippen LogP contribution in [0.1, 0.15) is 42.6 Å². The third-order valence-electron chi connectivity index (χ3n) is 4.02. The van der Waals surface area contributed by atoms with Crippen molar-refractivity contribution >= 4 is 17.4 Å². The Morgan fingerprint density at radius 2 is 2.15 bits per heavy atom. The van der Waals surface area contributed by atoms with Crippen molar-refractivity contribution in [3.63, 3.8) is 0 Å². The van der Waals surface area contributed by atoms with Gasteiger partial charge >= 0.3 is 5.97 Å². The number of hydrogen-bond acceptors (Lipinski definition) is 3. The van der Waals surface area contributed by atoms with Crippen LogP contribution in [0.3, 0.4) is 0 Å². The summed E-state index contributed by atoms with van der Waals surface area (Å²) in [5.41, 5.74) is 0.882. The number of aromatic carboxylic acids is 1. The van der Waals surface area contributed by atoms with Gasteiger partial charge in [0.2, 0.25) is 0 Å². The summed E-state index contributed by atoms with van der Waals surface area (Å²) >= 11 is 0. The van der Waals surface area contributed by atoms with E-state index in [1.807, 2.05) is 18.2 Å². The molecule has 0 aromatic carbocycles. The first kappa shape index (κ1) is 13.0. The van der Waals surface area contributed by atoms with Crippen molar-refractivity contribution in [2.24, 2.45) is 5.92 Å². The van der Waals surface area contributed by atoms with Crippen LogP contribution in [0.15, 0.2) is 24.4 Å². The van der Waals surface area contributed by atoms with Crippen molar-refractivity contribution in [3.05, 3.63) is 30.1 Å². The average Bonchev–Trinajstić information content (AvgIpc) is 2.84. The largest absolute Gasteiger partial charge is 0.476 e. The lowest BCUT2D eigenvalue weighted by molar-refractivity contribution is 0.0690. The minimum Gasteiger partial charge on any atom is -0.476 e. The van der Waals surface area contributed by atoms with Crippen molar-refractivity contribution in [1.82, 2.24) is 9.38 Å². The number of anilines is 1. The Bertz CT molecular complexity index is 615. The van der Waals surface area contributed by atoms with Gasteiger partial charge in [-0.05, 0) is 30.9 Å². The van der Waals surface area contributed by atoms with E-state index in [9.17, 15) is 9.90 Å². The number of nitrogens with one attached hydrogen (secondary N) is 1. The molecule has 5 nitrogen and oxygen atoms in total. The molecule has 0 bridgehead atoms. The molecule has 0 unspecified atom stereocenters. The molecule has 1 aliphatic rings. The summed E-state index contributed by atoms with van der Waals surface area (Å²) in [6, 6.07) is 5.49. The summed E-state index contributed by atoms with van der Waals surface area (Å²) in [5, 5.41) is 12.6. The number of fused-ring (bicyclic) bond motifs is 1. The molecular weight excluding hydrogens is 254 g/mol. The minimum atomic E-state index is -0.949. The minimum absolute atomic E-state index is 0.219. The van der Waals surface area contributed by atoms with Gasteiger partial charge in [0, 0.05) is 12.7 Å². The van der Waals surface area contributed by atoms with Gasteiger partial charge in [0.15, 0.2) is 11.5 Å². The zero-order valence-corrected chi connectivity index (χ0v) is 11.4. The van der Waals surface area contributed by atoms with E-state index in [0.29, 0.717) is 17.4 Å². The van der Waals surface area contributed by atoms with Crippen LogP contribution in [0.2, 0.25) is 0 Å². The molecule has 3 rings (SSSR count). The molecule has 0 atom stereocenters. The predicted octanol–water partition coefficient (Wildman–Crippen LogP) is 3.02. The van der Waals surface area contributed by atoms with Crippen LogP contribution >= 0.6 is 0 Å². The lowest BCUT2D eigenvalue weighted by Crippen LogP contribution is -2.18. The molecule has 20 heavy (non-hydrogen) atoms. The number of aromatic nitrogens is 2. The Morgan fingerprint density at radius 3 is 2.90 bits per heavy atom. The fraction of sp³-hybridized carbons (Fsp3) is 0.467. The second kappa shape index (κ2) is 5.53. The molecular formula is C15H19N3O2. The third kappa shape index (κ3) is 2.48. The number of nitrogens with zero attached hydrogens (tertiary/aromatic N) is 2. The van der Waals surface area contributed by atoms with E-state index in [0.717, 1.165) is 6.54 Å². The van der Waals surface area contributed by atoms with Crippen LogP contribution in [0.5, 0.6) is 0 Å². The quantitative estimate of drug-likeness (QED) is 0.898. The maximum absolute atomic E-state index is 11.4. The Kier molecular flexibility index (Phi) is 3.58. The van der Waals surface area contributed by atoms with E-state index in [4.69, 9.17) is 0 Å². The molecule has 2 N–H and O–H groups in total. The fourth-order valence-corrected chi connectivity index (χ4v) is 2.96. The third-order valence-corrected chi connectivity index (χ3v) is 4.02. The standard InChI is InChI=1S/C15H19N3O2/c19-15(20)13-14(16-10-11-6-2-1-3-7-11)17-12-8-4-5-9-18(12)13/h4-5,8-9,11,16H,1-3,6-7,10H2,(H,19,20). The topological polar surface area (TPSA) is 66.6 Å². The second-order valence-electron chi connectivity index (χ2n) is 5.43. The summed E-state index contributed by atoms with van der Waals surface area (Å²) in [6.45, 7) is 0.810. The van der Waals surface area contributed by atoms with E-state index in [-0.39, 0.29) is 5.69 Å². The molecule has 106 valence electrons. The maximum atomic E-state index is 11.4. The highest BCUT2D eigenvalue weighted by atomic mass is 16.4. The van der Waals surface area contributed by atoms with Crippen LogP contribution in [0.4, 0.5) is 5.82 Å². The highest BCUT2D eigenvalue weighted by Crippen LogP contribution is 2.25. The molecule has 2 aromatic heterocycles. The fourth-order valence-electron chi connectivity index (χ4n) is 2.96. The number of carboxylic acid groups (broad SMARTS) is 1. The monoisotopic (exact) mass is 273 g/mol. The molecule has 2 aromatic rings. The van der Waals surface area contributed by atoms with Crippen molar-refractivity contribution < 1.29 is 9.90 Å². The number of rotatable bonds is 4. The zero-order valence-electron chi connectivity index (χ0n) is 11.4. The molecule has 5 heteroatoms. The Hall–Kier alpha value is -2.04. The van der Waals surface area contributed by atoms with Crippen LogP contribution in [-0.4, -0.2) is 27.0 Å². The van der Waals surface area contributed by atoms with Gasteiger partial charge in [-0.2, -0.15) is 0 Å². The SMILES string of the molecule is O=C(O)c1c(NCC2CCCCC2)nc2ccccn12. The van der Waals surface area contributed by atoms with Gasteiger partial charge in [-0.15, -0.1) is 0 Å². The van der Waals surface area contributed by atoms with Crippen LogP contribution in [0, 0.1) is 5.92 Å². The van der Waals surface area contributed by atoms with Gasteiger partial charge in [0.05, 0.1) is 0 Å². The van der Waals surface area contributed by atoms with E-state index in [1.165, 1.54) is 32.1 Å². The molecule has 0 saturated heterocycles. The second-order valence-corrected chi connectivity index (χ2v) is 5.43. The number of carbonyl (C=O) groups is 1. The first-order valence-electron chi connectivity index (χ1n) is 7.20. The molecule has 2 heterocycles. The van der Waals surface area contributed by atoms with Crippen LogP contribution < -0.4 is 5.32 Å². The molecule has 0 spiro atoms. The highest BCUT2D eigenvalue weighted by molar-refractivity contribution is 5.92. The number of carboxylic acids is 1. The van der Waals surface area contributed by atoms with Gasteiger partial charge in [-0.25, -0.2) is 9.78 Å². The zero-order chi connectivity index (χ0) is 13.9. The van der Waals surface area contributed by atoms with E-state index >= 15 is 0 Å². The Labute approximate surface area is 117 Å². The van der Waals surface area contributed by atoms with Crippen LogP contribution in [-0.2, 0) is 0 Å². The molecule has 1 aliphatic carbocycles. The van der Waals surface area contributed by atoms with Crippen molar-refractivity contribution in [1.29, 1.82) is 0 Å². The van der Waals surface area contributed by atoms with Gasteiger partial charge in [0.25, 0.3) is 0 Å². The summed E-state index contributed by atoms with van der Waals surface area (Å²) in [5.74, 6) is 0.166. The molecule has 1 saturated carbocycles. The number of hydrogen-bond donors (Lipinski definition) is 2. The highest BCUT2D eigenvalue weighted by Gasteiger charge is 2.20. The lowest BCUT2D eigenvalue weighted by atomic mass is 9.89. The van der Waals surface area contributed by atoms with E-state index < -0.39 is 5.97 Å². The van der Waals surface area contributed by atoms with Crippen LogP contribution in [0.25, 0.3) is 5.65 Å². The summed E-state index contributed by atoms with van der Waals surface area (Å²) in [7, 11) is 0. The summed E-state index contributed by atoms with van der Waals surface area (Å²) in [4.78, 5) is 15.8. The predicted molar refractivity (Wildman–Crippen MR) is 77.2 cm³/mol. The summed E-state index contributed by atoms with van der Waals surface area (Å²) < 4.78 is 1.62. The molecule has 1 fully saturated rings. The smallest absolute Gasteiger partial charge is 0.356 e. The van der Waals surface area contributed by atoms with E-state index in [1.54, 1.807) is 10.6 Å². The van der Waals surface area contributed by atoms with E-state index in [2.05, 4.69) is 10.3 Å². The molecule has 0 aliphatic heterocycles. The van der Waals surface area contributed by atoms with Crippen molar-refractivity contribution in [2.75, 3.05) is 11.9 Å². The first-order chi connectivity index (χ1) is 9.75. The lowest BCUT2D eigenvalue weighted by Gasteiger charge is -2.21. The van der Waals surface area contributed by atoms with Gasteiger partial charge in [0.1, 0.15) is 5.65 Å². The number of pyridine rings is 1. The Morgan fingerprint density at radius 1 is 1.35 bits per heavy atom. The van der Waals surface area contributed by atoms with Gasteiger partial charge in [-0.3, -0.25) is 4.40 Å². The van der Waals surface area contributed by atoms with Gasteiger partial charge in [-0.1, -0.05) is 25.3 Å². The average molecular weight is 273 g/mol. The Balaban J connectivity index is 1.82.